The molecule has 0 saturated heterocycles. The molecule has 2 amide bonds. The number of amides is 2. The van der Waals surface area contributed by atoms with Crippen LogP contribution in [0.25, 0.3) is 6.08 Å². The van der Waals surface area contributed by atoms with Crippen molar-refractivity contribution in [2.75, 3.05) is 12.4 Å². The van der Waals surface area contributed by atoms with Crippen LogP contribution in [-0.4, -0.2) is 39.6 Å². The number of aromatic nitrogens is 2. The average molecular weight is 361 g/mol. The van der Waals surface area contributed by atoms with Crippen LogP contribution in [0.15, 0.2) is 36.7 Å². The number of aryl methyl sites for hydroxylation is 1. The highest BCUT2D eigenvalue weighted by Gasteiger charge is 2.16. The Morgan fingerprint density at radius 3 is 2.68 bits per heavy atom. The Morgan fingerprint density at radius 1 is 1.36 bits per heavy atom. The number of rotatable bonds is 5. The first-order valence-corrected chi connectivity index (χ1v) is 8.20. The van der Waals surface area contributed by atoms with Gasteiger partial charge in [0.1, 0.15) is 0 Å². The Bertz CT molecular complexity index is 811. The summed E-state index contributed by atoms with van der Waals surface area (Å²) in [4.78, 5) is 26.1. The molecule has 1 aromatic heterocycles. The van der Waals surface area contributed by atoms with Crippen LogP contribution in [0.2, 0.25) is 5.02 Å². The largest absolute Gasteiger partial charge is 0.339 e. The zero-order valence-electron chi connectivity index (χ0n) is 14.7. The smallest absolute Gasteiger partial charge is 0.253 e. The normalized spacial score (nSPS) is 11.1. The maximum atomic E-state index is 12.4. The molecule has 0 atom stereocenters. The number of carbonyl (C=O) groups is 2. The van der Waals surface area contributed by atoms with Crippen LogP contribution < -0.4 is 5.32 Å². The first-order valence-electron chi connectivity index (χ1n) is 7.82. The van der Waals surface area contributed by atoms with Crippen molar-refractivity contribution in [3.63, 3.8) is 0 Å². The van der Waals surface area contributed by atoms with Crippen molar-refractivity contribution in [1.29, 1.82) is 0 Å². The zero-order chi connectivity index (χ0) is 18.6. The lowest BCUT2D eigenvalue weighted by atomic mass is 10.1. The van der Waals surface area contributed by atoms with E-state index in [1.54, 1.807) is 60.3 Å². The van der Waals surface area contributed by atoms with E-state index in [1.807, 2.05) is 13.8 Å². The first kappa shape index (κ1) is 18.7. The van der Waals surface area contributed by atoms with Gasteiger partial charge in [-0.25, -0.2) is 0 Å². The standard InChI is InChI=1S/C18H21ClN4O2/c1-12(2)23(4)18(25)14-6-7-15(19)16(9-14)21-17(24)8-5-13-10-20-22(3)11-13/h5-12H,1-4H3,(H,21,24)/b8-5-. The maximum absolute atomic E-state index is 12.4. The van der Waals surface area contributed by atoms with Crippen molar-refractivity contribution < 1.29 is 9.59 Å². The van der Waals surface area contributed by atoms with E-state index >= 15 is 0 Å². The second kappa shape index (κ2) is 7.98. The second-order valence-corrected chi connectivity index (χ2v) is 6.38. The molecule has 1 N–H and O–H groups in total. The Morgan fingerprint density at radius 2 is 2.08 bits per heavy atom. The van der Waals surface area contributed by atoms with Crippen LogP contribution in [0.1, 0.15) is 29.8 Å². The summed E-state index contributed by atoms with van der Waals surface area (Å²) in [7, 11) is 3.53. The fourth-order valence-electron chi connectivity index (χ4n) is 2.06. The minimum absolute atomic E-state index is 0.0728. The Labute approximate surface area is 152 Å². The van der Waals surface area contributed by atoms with Gasteiger partial charge < -0.3 is 10.2 Å². The van der Waals surface area contributed by atoms with Gasteiger partial charge in [0, 0.05) is 43.5 Å². The summed E-state index contributed by atoms with van der Waals surface area (Å²) in [6, 6.07) is 4.90. The monoisotopic (exact) mass is 360 g/mol. The van der Waals surface area contributed by atoms with Gasteiger partial charge in [0.15, 0.2) is 0 Å². The third-order valence-electron chi connectivity index (χ3n) is 3.72. The van der Waals surface area contributed by atoms with Crippen molar-refractivity contribution in [2.24, 2.45) is 7.05 Å². The number of benzene rings is 1. The van der Waals surface area contributed by atoms with Gasteiger partial charge in [0.2, 0.25) is 5.91 Å². The molecule has 0 aliphatic rings. The van der Waals surface area contributed by atoms with Gasteiger partial charge in [-0.05, 0) is 38.1 Å². The van der Waals surface area contributed by atoms with E-state index in [2.05, 4.69) is 10.4 Å². The van der Waals surface area contributed by atoms with Gasteiger partial charge in [0.05, 0.1) is 16.9 Å². The third kappa shape index (κ3) is 4.93. The summed E-state index contributed by atoms with van der Waals surface area (Å²) in [6.07, 6.45) is 6.48. The molecule has 25 heavy (non-hydrogen) atoms. The molecule has 0 aliphatic carbocycles. The Balaban J connectivity index is 2.13. The zero-order valence-corrected chi connectivity index (χ0v) is 15.4. The van der Waals surface area contributed by atoms with Gasteiger partial charge in [-0.3, -0.25) is 14.3 Å². The van der Waals surface area contributed by atoms with E-state index < -0.39 is 0 Å². The number of anilines is 1. The fraction of sp³-hybridized carbons (Fsp3) is 0.278. The minimum atomic E-state index is -0.340. The van der Waals surface area contributed by atoms with Crippen molar-refractivity contribution in [3.8, 4) is 0 Å². The van der Waals surface area contributed by atoms with Gasteiger partial charge in [-0.15, -0.1) is 0 Å². The van der Waals surface area contributed by atoms with Crippen LogP contribution in [0.5, 0.6) is 0 Å². The third-order valence-corrected chi connectivity index (χ3v) is 4.05. The molecule has 0 radical (unpaired) electrons. The molecule has 0 spiro atoms. The van der Waals surface area contributed by atoms with Crippen LogP contribution in [-0.2, 0) is 11.8 Å². The molecule has 6 nitrogen and oxygen atoms in total. The molecule has 0 aliphatic heterocycles. The highest BCUT2D eigenvalue weighted by atomic mass is 35.5. The summed E-state index contributed by atoms with van der Waals surface area (Å²) in [5, 5.41) is 7.09. The lowest BCUT2D eigenvalue weighted by Crippen LogP contribution is -2.33. The summed E-state index contributed by atoms with van der Waals surface area (Å²) in [6.45, 7) is 3.86. The Hall–Kier alpha value is -2.60. The number of halogens is 1. The number of nitrogens with zero attached hydrogens (tertiary/aromatic N) is 3. The number of hydrogen-bond donors (Lipinski definition) is 1. The molecule has 0 saturated carbocycles. The number of hydrogen-bond acceptors (Lipinski definition) is 3. The molecule has 0 unspecified atom stereocenters. The fourth-order valence-corrected chi connectivity index (χ4v) is 2.23. The van der Waals surface area contributed by atoms with E-state index in [9.17, 15) is 9.59 Å². The van der Waals surface area contributed by atoms with Gasteiger partial charge >= 0.3 is 0 Å². The van der Waals surface area contributed by atoms with Crippen molar-refractivity contribution in [1.82, 2.24) is 14.7 Å². The van der Waals surface area contributed by atoms with Crippen LogP contribution in [0.3, 0.4) is 0 Å². The highest BCUT2D eigenvalue weighted by Crippen LogP contribution is 2.24. The van der Waals surface area contributed by atoms with Gasteiger partial charge in [-0.1, -0.05) is 11.6 Å². The quantitative estimate of drug-likeness (QED) is 0.832. The first-order chi connectivity index (χ1) is 11.8. The topological polar surface area (TPSA) is 67.2 Å². The average Bonchev–Trinajstić information content (AvgIpc) is 2.99. The highest BCUT2D eigenvalue weighted by molar-refractivity contribution is 6.34. The molecule has 0 bridgehead atoms. The number of carbonyl (C=O) groups excluding carboxylic acids is 2. The molecular formula is C18H21ClN4O2. The predicted octanol–water partition coefficient (Wildman–Crippen LogP) is 3.21. The lowest BCUT2D eigenvalue weighted by Gasteiger charge is -2.21. The van der Waals surface area contributed by atoms with Crippen LogP contribution in [0, 0.1) is 0 Å². The summed E-state index contributed by atoms with van der Waals surface area (Å²) in [5.74, 6) is -0.472. The van der Waals surface area contributed by atoms with Crippen molar-refractivity contribution >= 4 is 35.2 Å². The Kier molecular flexibility index (Phi) is 5.98. The predicted molar refractivity (Wildman–Crippen MR) is 99.6 cm³/mol. The molecule has 7 heteroatoms. The molecule has 2 rings (SSSR count). The van der Waals surface area contributed by atoms with E-state index in [4.69, 9.17) is 11.6 Å². The van der Waals surface area contributed by atoms with Crippen LogP contribution in [0.4, 0.5) is 5.69 Å². The summed E-state index contributed by atoms with van der Waals surface area (Å²) in [5.41, 5.74) is 1.67. The van der Waals surface area contributed by atoms with Crippen molar-refractivity contribution in [2.45, 2.75) is 19.9 Å². The molecule has 1 heterocycles. The molecule has 1 aromatic carbocycles. The van der Waals surface area contributed by atoms with E-state index in [1.165, 1.54) is 6.08 Å². The molecule has 0 fully saturated rings. The maximum Gasteiger partial charge on any atom is 0.253 e. The van der Waals surface area contributed by atoms with Gasteiger partial charge in [-0.2, -0.15) is 5.10 Å². The molecular weight excluding hydrogens is 340 g/mol. The number of nitrogens with one attached hydrogen (secondary N) is 1. The lowest BCUT2D eigenvalue weighted by molar-refractivity contribution is -0.111. The SMILES string of the molecule is CC(C)N(C)C(=O)c1ccc(Cl)c(NC(=O)/C=C\c2cnn(C)c2)c1. The van der Waals surface area contributed by atoms with Crippen LogP contribution >= 0.6 is 11.6 Å². The van der Waals surface area contributed by atoms with Gasteiger partial charge in [0.25, 0.3) is 5.91 Å². The van der Waals surface area contributed by atoms with E-state index in [0.29, 0.717) is 16.3 Å². The summed E-state index contributed by atoms with van der Waals surface area (Å²) >= 11 is 6.13. The summed E-state index contributed by atoms with van der Waals surface area (Å²) < 4.78 is 1.65. The second-order valence-electron chi connectivity index (χ2n) is 5.97. The minimum Gasteiger partial charge on any atom is -0.339 e. The molecule has 2 aromatic rings. The van der Waals surface area contributed by atoms with E-state index in [-0.39, 0.29) is 17.9 Å². The molecule has 132 valence electrons. The van der Waals surface area contributed by atoms with Crippen molar-refractivity contribution in [3.05, 3.63) is 52.8 Å². The van der Waals surface area contributed by atoms with E-state index in [0.717, 1.165) is 5.56 Å².